The molecule has 0 saturated heterocycles. The van der Waals surface area contributed by atoms with E-state index in [0.717, 1.165) is 0 Å². The van der Waals surface area contributed by atoms with E-state index in [0.29, 0.717) is 11.3 Å². The molecule has 6 nitrogen and oxygen atoms in total. The summed E-state index contributed by atoms with van der Waals surface area (Å²) in [6.45, 7) is 1.28. The molecule has 0 bridgehead atoms. The number of carbonyl (C=O) groups excluding carboxylic acids is 1. The molecule has 1 amide bonds. The van der Waals surface area contributed by atoms with Crippen molar-refractivity contribution in [1.82, 2.24) is 5.32 Å². The second-order valence-electron chi connectivity index (χ2n) is 3.43. The van der Waals surface area contributed by atoms with Crippen molar-refractivity contribution in [2.45, 2.75) is 11.8 Å². The van der Waals surface area contributed by atoms with E-state index in [1.54, 1.807) is 12.1 Å². The smallest absolute Gasteiger partial charge is 0.285 e. The lowest BCUT2D eigenvalue weighted by atomic mass is 10.2. The summed E-state index contributed by atoms with van der Waals surface area (Å²) in [6.07, 6.45) is 0. The van der Waals surface area contributed by atoms with Crippen LogP contribution in [0, 0.1) is 0 Å². The molecule has 0 saturated carbocycles. The largest absolute Gasteiger partial charge is 0.496 e. The summed E-state index contributed by atoms with van der Waals surface area (Å²) in [4.78, 5) is 11.0. The summed E-state index contributed by atoms with van der Waals surface area (Å²) in [7, 11) is -2.32. The number of amidine groups is 1. The Hall–Kier alpha value is -1.89. The summed E-state index contributed by atoms with van der Waals surface area (Å²) >= 11 is 0. The zero-order valence-corrected chi connectivity index (χ0v) is 10.0. The van der Waals surface area contributed by atoms with E-state index in [2.05, 4.69) is 9.71 Å². The first kappa shape index (κ1) is 11.6. The number of amides is 1. The number of hydrogen-bond donors (Lipinski definition) is 1. The number of fused-ring (bicyclic) bond motifs is 1. The first-order valence-corrected chi connectivity index (χ1v) is 6.19. The molecule has 0 radical (unpaired) electrons. The first-order chi connectivity index (χ1) is 7.95. The third-order valence-corrected chi connectivity index (χ3v) is 3.55. The van der Waals surface area contributed by atoms with E-state index < -0.39 is 15.9 Å². The lowest BCUT2D eigenvalue weighted by molar-refractivity contribution is -0.117. The van der Waals surface area contributed by atoms with E-state index in [4.69, 9.17) is 4.74 Å². The van der Waals surface area contributed by atoms with Gasteiger partial charge in [0.1, 0.15) is 10.6 Å². The number of nitrogens with zero attached hydrogens (tertiary/aromatic N) is 1. The molecule has 0 aliphatic carbocycles. The van der Waals surface area contributed by atoms with Gasteiger partial charge in [0, 0.05) is 6.92 Å². The number of sulfonamides is 1. The second kappa shape index (κ2) is 3.85. The van der Waals surface area contributed by atoms with Crippen LogP contribution in [0.25, 0.3) is 0 Å². The molecule has 1 aliphatic heterocycles. The number of methoxy groups -OCH3 is 1. The van der Waals surface area contributed by atoms with E-state index >= 15 is 0 Å². The fourth-order valence-corrected chi connectivity index (χ4v) is 2.78. The molecular weight excluding hydrogens is 244 g/mol. The van der Waals surface area contributed by atoms with Gasteiger partial charge in [0.05, 0.1) is 12.7 Å². The molecule has 7 heteroatoms. The quantitative estimate of drug-likeness (QED) is 0.780. The Bertz CT molecular complexity index is 619. The summed E-state index contributed by atoms with van der Waals surface area (Å²) in [5.74, 6) is -0.0290. The van der Waals surface area contributed by atoms with Gasteiger partial charge in [-0.05, 0) is 12.1 Å². The molecule has 2 rings (SSSR count). The van der Waals surface area contributed by atoms with Gasteiger partial charge >= 0.3 is 0 Å². The highest BCUT2D eigenvalue weighted by molar-refractivity contribution is 7.90. The number of rotatable bonds is 1. The average molecular weight is 254 g/mol. The SMILES string of the molecule is COc1cccc2c1C(NC(C)=O)=NS2(=O)=O. The van der Waals surface area contributed by atoms with Crippen LogP contribution in [0.2, 0.25) is 0 Å². The normalized spacial score (nSPS) is 16.0. The topological polar surface area (TPSA) is 84.8 Å². The first-order valence-electron chi connectivity index (χ1n) is 4.75. The molecule has 0 unspecified atom stereocenters. The predicted octanol–water partition coefficient (Wildman–Crippen LogP) is 0.280. The Morgan fingerprint density at radius 1 is 1.41 bits per heavy atom. The van der Waals surface area contributed by atoms with Gasteiger partial charge in [-0.1, -0.05) is 6.07 Å². The van der Waals surface area contributed by atoms with E-state index in [1.807, 2.05) is 0 Å². The van der Waals surface area contributed by atoms with E-state index in [9.17, 15) is 13.2 Å². The molecule has 1 N–H and O–H groups in total. The molecular formula is C10H10N2O4S. The Balaban J connectivity index is 2.66. The van der Waals surface area contributed by atoms with E-state index in [1.165, 1.54) is 20.1 Å². The maximum Gasteiger partial charge on any atom is 0.285 e. The summed E-state index contributed by atoms with van der Waals surface area (Å²) < 4.78 is 32.0. The molecule has 1 aromatic rings. The van der Waals surface area contributed by atoms with Crippen LogP contribution in [-0.2, 0) is 14.8 Å². The van der Waals surface area contributed by atoms with Crippen molar-refractivity contribution >= 4 is 21.8 Å². The third kappa shape index (κ3) is 1.89. The zero-order valence-electron chi connectivity index (χ0n) is 9.22. The Morgan fingerprint density at radius 3 is 2.71 bits per heavy atom. The average Bonchev–Trinajstić information content (AvgIpc) is 2.50. The molecule has 0 spiro atoms. The van der Waals surface area contributed by atoms with Crippen molar-refractivity contribution in [2.75, 3.05) is 7.11 Å². The van der Waals surface area contributed by atoms with Gasteiger partial charge in [0.25, 0.3) is 10.0 Å². The Morgan fingerprint density at radius 2 is 2.12 bits per heavy atom. The maximum absolute atomic E-state index is 11.7. The fraction of sp³-hybridized carbons (Fsp3) is 0.200. The van der Waals surface area contributed by atoms with Gasteiger partial charge in [-0.25, -0.2) is 0 Å². The van der Waals surface area contributed by atoms with Crippen LogP contribution in [0.3, 0.4) is 0 Å². The zero-order chi connectivity index (χ0) is 12.6. The second-order valence-corrected chi connectivity index (χ2v) is 5.00. The highest BCUT2D eigenvalue weighted by Gasteiger charge is 2.32. The maximum atomic E-state index is 11.7. The number of benzene rings is 1. The summed E-state index contributed by atoms with van der Waals surface area (Å²) in [5.41, 5.74) is 0.296. The van der Waals surface area contributed by atoms with Crippen LogP contribution in [0.5, 0.6) is 5.75 Å². The highest BCUT2D eigenvalue weighted by Crippen LogP contribution is 2.32. The van der Waals surface area contributed by atoms with Gasteiger partial charge in [-0.3, -0.25) is 4.79 Å². The van der Waals surface area contributed by atoms with Crippen molar-refractivity contribution in [3.8, 4) is 5.75 Å². The van der Waals surface area contributed by atoms with Crippen LogP contribution in [0.4, 0.5) is 0 Å². The number of hydrogen-bond acceptors (Lipinski definition) is 4. The van der Waals surface area contributed by atoms with Gasteiger partial charge in [-0.2, -0.15) is 8.42 Å². The minimum atomic E-state index is -3.74. The molecule has 17 heavy (non-hydrogen) atoms. The van der Waals surface area contributed by atoms with Crippen LogP contribution in [0.1, 0.15) is 12.5 Å². The standard InChI is InChI=1S/C10H10N2O4S/c1-6(13)11-10-9-7(16-2)4-3-5-8(9)17(14,15)12-10/h3-5H,1-2H3,(H,11,12,13). The van der Waals surface area contributed by atoms with Crippen LogP contribution < -0.4 is 10.1 Å². The van der Waals surface area contributed by atoms with Crippen molar-refractivity contribution in [3.05, 3.63) is 23.8 Å². The molecule has 90 valence electrons. The van der Waals surface area contributed by atoms with Gasteiger partial charge in [0.15, 0.2) is 5.84 Å². The predicted molar refractivity (Wildman–Crippen MR) is 60.5 cm³/mol. The number of nitrogens with one attached hydrogen (secondary N) is 1. The fourth-order valence-electron chi connectivity index (χ4n) is 1.60. The van der Waals surface area contributed by atoms with Crippen LogP contribution >= 0.6 is 0 Å². The van der Waals surface area contributed by atoms with Gasteiger partial charge < -0.3 is 10.1 Å². The number of carbonyl (C=O) groups is 1. The van der Waals surface area contributed by atoms with Crippen LogP contribution in [-0.4, -0.2) is 27.3 Å². The molecule has 1 aliphatic rings. The highest BCUT2D eigenvalue weighted by atomic mass is 32.2. The summed E-state index contributed by atoms with van der Waals surface area (Å²) in [5, 5.41) is 2.38. The lowest BCUT2D eigenvalue weighted by Gasteiger charge is -2.07. The van der Waals surface area contributed by atoms with Gasteiger partial charge in [-0.15, -0.1) is 4.40 Å². The monoisotopic (exact) mass is 254 g/mol. The van der Waals surface area contributed by atoms with Crippen molar-refractivity contribution in [2.24, 2.45) is 4.40 Å². The van der Waals surface area contributed by atoms with Crippen molar-refractivity contribution < 1.29 is 17.9 Å². The lowest BCUT2D eigenvalue weighted by Crippen LogP contribution is -2.28. The van der Waals surface area contributed by atoms with E-state index in [-0.39, 0.29) is 10.7 Å². The molecule has 0 fully saturated rings. The Kier molecular flexibility index (Phi) is 2.62. The van der Waals surface area contributed by atoms with Crippen LogP contribution in [0.15, 0.2) is 27.5 Å². The third-order valence-electron chi connectivity index (χ3n) is 2.23. The molecule has 1 aromatic carbocycles. The number of ether oxygens (including phenoxy) is 1. The minimum Gasteiger partial charge on any atom is -0.496 e. The summed E-state index contributed by atoms with van der Waals surface area (Å²) in [6, 6.07) is 4.59. The molecule has 0 aromatic heterocycles. The van der Waals surface area contributed by atoms with Crippen molar-refractivity contribution in [1.29, 1.82) is 0 Å². The molecule has 1 heterocycles. The van der Waals surface area contributed by atoms with Crippen molar-refractivity contribution in [3.63, 3.8) is 0 Å². The minimum absolute atomic E-state index is 0.00458. The molecule has 0 atom stereocenters. The Labute approximate surface area is 98.4 Å². The van der Waals surface area contributed by atoms with Gasteiger partial charge in [0.2, 0.25) is 5.91 Å².